The summed E-state index contributed by atoms with van der Waals surface area (Å²) in [6, 6.07) is 20.3. The van der Waals surface area contributed by atoms with E-state index >= 15 is 0 Å². The molecule has 1 unspecified atom stereocenters. The van der Waals surface area contributed by atoms with E-state index in [4.69, 9.17) is 4.74 Å². The SMILES string of the molecule is CC[C@H]1CN2CC[C@H]1C[C@H]2[C@@H]([Se]c1ccccc1)c1ccnc2ccc(OC)cc12. The van der Waals surface area contributed by atoms with Crippen molar-refractivity contribution in [3.05, 3.63) is 66.4 Å². The summed E-state index contributed by atoms with van der Waals surface area (Å²) in [5, 5.41) is 1.26. The summed E-state index contributed by atoms with van der Waals surface area (Å²) in [5.74, 6) is 2.69. The third-order valence-electron chi connectivity index (χ3n) is 7.11. The van der Waals surface area contributed by atoms with E-state index in [-0.39, 0.29) is 0 Å². The van der Waals surface area contributed by atoms with Crippen LogP contribution >= 0.6 is 0 Å². The molecule has 0 aliphatic carbocycles. The van der Waals surface area contributed by atoms with Crippen LogP contribution in [0, 0.1) is 11.8 Å². The van der Waals surface area contributed by atoms with Gasteiger partial charge in [0.05, 0.1) is 0 Å². The monoisotopic (exact) mass is 466 g/mol. The number of aromatic nitrogens is 1. The average molecular weight is 465 g/mol. The Balaban J connectivity index is 1.58. The Morgan fingerprint density at radius 2 is 2.03 bits per heavy atom. The minimum atomic E-state index is 0.364. The van der Waals surface area contributed by atoms with Crippen LogP contribution in [0.15, 0.2) is 60.8 Å². The maximum atomic E-state index is 5.57. The van der Waals surface area contributed by atoms with Gasteiger partial charge in [0.1, 0.15) is 0 Å². The number of methoxy groups -OCH3 is 1. The van der Waals surface area contributed by atoms with Crippen molar-refractivity contribution in [2.75, 3.05) is 20.2 Å². The topological polar surface area (TPSA) is 25.4 Å². The molecule has 3 aromatic rings. The Morgan fingerprint density at radius 1 is 1.17 bits per heavy atom. The maximum absolute atomic E-state index is 5.57. The molecule has 3 fully saturated rings. The molecule has 6 rings (SSSR count). The molecule has 0 saturated carbocycles. The number of rotatable bonds is 6. The van der Waals surface area contributed by atoms with Crippen LogP contribution in [0.25, 0.3) is 10.9 Å². The van der Waals surface area contributed by atoms with Crippen molar-refractivity contribution < 1.29 is 4.74 Å². The van der Waals surface area contributed by atoms with Gasteiger partial charge in [-0.3, -0.25) is 0 Å². The molecule has 4 heteroatoms. The van der Waals surface area contributed by atoms with Gasteiger partial charge in [-0.05, 0) is 0 Å². The summed E-state index contributed by atoms with van der Waals surface area (Å²) in [7, 11) is 1.75. The van der Waals surface area contributed by atoms with E-state index in [1.165, 1.54) is 47.8 Å². The van der Waals surface area contributed by atoms with Crippen molar-refractivity contribution in [2.45, 2.75) is 37.0 Å². The Morgan fingerprint density at radius 3 is 2.77 bits per heavy atom. The van der Waals surface area contributed by atoms with E-state index in [0.29, 0.717) is 25.8 Å². The van der Waals surface area contributed by atoms with Crippen molar-refractivity contribution in [3.63, 3.8) is 0 Å². The van der Waals surface area contributed by atoms with Gasteiger partial charge in [-0.2, -0.15) is 0 Å². The van der Waals surface area contributed by atoms with Crippen LogP contribution in [0.4, 0.5) is 0 Å². The van der Waals surface area contributed by atoms with E-state index in [0.717, 1.165) is 23.1 Å². The molecule has 0 radical (unpaired) electrons. The predicted molar refractivity (Wildman–Crippen MR) is 125 cm³/mol. The number of fused-ring (bicyclic) bond motifs is 4. The number of nitrogens with zero attached hydrogens (tertiary/aromatic N) is 2. The van der Waals surface area contributed by atoms with Gasteiger partial charge in [0.2, 0.25) is 0 Å². The van der Waals surface area contributed by atoms with Crippen LogP contribution in [0.2, 0.25) is 0 Å². The summed E-state index contributed by atoms with van der Waals surface area (Å²) >= 11 is 0.364. The second kappa shape index (κ2) is 8.70. The number of ether oxygens (including phenoxy) is 1. The van der Waals surface area contributed by atoms with Gasteiger partial charge in [-0.25, -0.2) is 0 Å². The van der Waals surface area contributed by atoms with Gasteiger partial charge in [-0.15, -0.1) is 0 Å². The first-order valence-electron chi connectivity index (χ1n) is 11.1. The van der Waals surface area contributed by atoms with E-state index < -0.39 is 0 Å². The van der Waals surface area contributed by atoms with Crippen LogP contribution in [-0.4, -0.2) is 51.1 Å². The number of hydrogen-bond donors (Lipinski definition) is 0. The zero-order valence-corrected chi connectivity index (χ0v) is 19.5. The van der Waals surface area contributed by atoms with E-state index in [1.807, 2.05) is 12.3 Å². The summed E-state index contributed by atoms with van der Waals surface area (Å²) < 4.78 is 7.05. The van der Waals surface area contributed by atoms with E-state index in [1.54, 1.807) is 7.11 Å². The fourth-order valence-corrected chi connectivity index (χ4v) is 8.37. The van der Waals surface area contributed by atoms with Crippen molar-refractivity contribution in [3.8, 4) is 5.75 Å². The Kier molecular flexibility index (Phi) is 5.82. The molecule has 3 saturated heterocycles. The second-order valence-corrected chi connectivity index (χ2v) is 11.2. The molecule has 3 nitrogen and oxygen atoms in total. The Labute approximate surface area is 186 Å². The molecule has 3 aliphatic heterocycles. The zero-order chi connectivity index (χ0) is 20.5. The number of piperidine rings is 3. The number of benzene rings is 2. The molecule has 0 spiro atoms. The molecular formula is C26H30N2OSe. The molecule has 2 bridgehead atoms. The van der Waals surface area contributed by atoms with Crippen LogP contribution in [0.5, 0.6) is 5.75 Å². The molecule has 156 valence electrons. The van der Waals surface area contributed by atoms with Crippen molar-refractivity contribution in [1.29, 1.82) is 0 Å². The minimum absolute atomic E-state index is 0.364. The normalized spacial score (nSPS) is 26.6. The van der Waals surface area contributed by atoms with Crippen LogP contribution in [-0.2, 0) is 0 Å². The zero-order valence-electron chi connectivity index (χ0n) is 17.8. The molecule has 1 aromatic heterocycles. The second-order valence-electron chi connectivity index (χ2n) is 8.65. The molecule has 5 atom stereocenters. The standard InChI is InChI=1S/C26H30N2OSe/c1-3-18-17-28-14-12-19(18)15-25(28)26(30-21-7-5-4-6-8-21)22-11-13-27-24-10-9-20(29-2)16-23(22)24/h4-11,13,16,18-19,25-26H,3,12,14-15,17H2,1-2H3/t18-,19-,25-,26-/m0/s1. The number of pyridine rings is 1. The van der Waals surface area contributed by atoms with Crippen molar-refractivity contribution in [1.82, 2.24) is 9.88 Å². The summed E-state index contributed by atoms with van der Waals surface area (Å²) in [6.07, 6.45) is 6.04. The quantitative estimate of drug-likeness (QED) is 0.504. The summed E-state index contributed by atoms with van der Waals surface area (Å²) in [6.45, 7) is 4.91. The van der Waals surface area contributed by atoms with Crippen molar-refractivity contribution >= 4 is 30.3 Å². The Bertz CT molecular complexity index is 1010. The molecule has 30 heavy (non-hydrogen) atoms. The average Bonchev–Trinajstić information content (AvgIpc) is 2.82. The van der Waals surface area contributed by atoms with Gasteiger partial charge in [0, 0.05) is 0 Å². The fraction of sp³-hybridized carbons (Fsp3) is 0.423. The van der Waals surface area contributed by atoms with Crippen LogP contribution in [0.1, 0.15) is 36.6 Å². The molecule has 0 amide bonds. The Hall–Kier alpha value is -1.87. The molecule has 4 heterocycles. The summed E-state index contributed by atoms with van der Waals surface area (Å²) in [5.41, 5.74) is 2.53. The molecule has 0 N–H and O–H groups in total. The van der Waals surface area contributed by atoms with Gasteiger partial charge >= 0.3 is 186 Å². The fourth-order valence-electron chi connectivity index (χ4n) is 5.47. The van der Waals surface area contributed by atoms with Crippen LogP contribution in [0.3, 0.4) is 0 Å². The van der Waals surface area contributed by atoms with Gasteiger partial charge < -0.3 is 0 Å². The van der Waals surface area contributed by atoms with Gasteiger partial charge in [-0.1, -0.05) is 0 Å². The van der Waals surface area contributed by atoms with Gasteiger partial charge in [0.15, 0.2) is 0 Å². The van der Waals surface area contributed by atoms with Crippen LogP contribution < -0.4 is 9.20 Å². The first kappa shape index (κ1) is 20.1. The molecule has 3 aliphatic rings. The molecular weight excluding hydrogens is 435 g/mol. The predicted octanol–water partition coefficient (Wildman–Crippen LogP) is 4.43. The van der Waals surface area contributed by atoms with Crippen molar-refractivity contribution in [2.24, 2.45) is 11.8 Å². The first-order valence-corrected chi connectivity index (χ1v) is 13.0. The third kappa shape index (κ3) is 3.77. The van der Waals surface area contributed by atoms with Gasteiger partial charge in [0.25, 0.3) is 0 Å². The first-order chi connectivity index (χ1) is 14.8. The molecule has 2 aromatic carbocycles. The van der Waals surface area contributed by atoms with E-state index in [9.17, 15) is 0 Å². The number of hydrogen-bond acceptors (Lipinski definition) is 3. The third-order valence-corrected chi connectivity index (χ3v) is 9.97. The van der Waals surface area contributed by atoms with E-state index in [2.05, 4.69) is 65.3 Å². The summed E-state index contributed by atoms with van der Waals surface area (Å²) in [4.78, 5) is 8.00.